The first kappa shape index (κ1) is 8.10. The van der Waals surface area contributed by atoms with Gasteiger partial charge >= 0.3 is 0 Å². The summed E-state index contributed by atoms with van der Waals surface area (Å²) in [4.78, 5) is 0. The molecule has 2 heteroatoms. The summed E-state index contributed by atoms with van der Waals surface area (Å²) >= 11 is 0. The first-order chi connectivity index (χ1) is 5.62. The number of rotatable bonds is 1. The molecule has 2 rings (SSSR count). The van der Waals surface area contributed by atoms with Crippen LogP contribution in [-0.4, -0.2) is 18.5 Å². The molecule has 0 spiro atoms. The monoisotopic (exact) mass is 166 g/mol. The number of hydrogen-bond acceptors (Lipinski definition) is 2. The summed E-state index contributed by atoms with van der Waals surface area (Å²) in [5.41, 5.74) is 0. The zero-order chi connectivity index (χ0) is 8.77. The maximum absolute atomic E-state index is 5.69. The molecule has 0 radical (unpaired) electrons. The van der Waals surface area contributed by atoms with Crippen molar-refractivity contribution in [1.29, 1.82) is 0 Å². The topological polar surface area (TPSA) is 18.5 Å². The van der Waals surface area contributed by atoms with E-state index >= 15 is 0 Å². The molecule has 1 aliphatic carbocycles. The lowest BCUT2D eigenvalue weighted by Crippen LogP contribution is -2.22. The Kier molecular flexibility index (Phi) is 1.67. The van der Waals surface area contributed by atoms with E-state index in [-0.39, 0.29) is 6.10 Å². The van der Waals surface area contributed by atoms with Crippen molar-refractivity contribution in [2.24, 2.45) is 11.8 Å². The highest BCUT2D eigenvalue weighted by Gasteiger charge is 2.48. The van der Waals surface area contributed by atoms with Crippen molar-refractivity contribution >= 4 is 0 Å². The number of hydrogen-bond donors (Lipinski definition) is 0. The molecule has 2 aliphatic rings. The molecule has 12 heavy (non-hydrogen) atoms. The van der Waals surface area contributed by atoms with Crippen LogP contribution in [-0.2, 0) is 9.47 Å². The van der Waals surface area contributed by atoms with Crippen molar-refractivity contribution in [3.8, 4) is 12.3 Å². The van der Waals surface area contributed by atoms with Gasteiger partial charge in [0, 0.05) is 11.8 Å². The third-order valence-electron chi connectivity index (χ3n) is 2.56. The van der Waals surface area contributed by atoms with Crippen LogP contribution in [0.2, 0.25) is 0 Å². The molecule has 1 saturated carbocycles. The van der Waals surface area contributed by atoms with Crippen LogP contribution in [0.4, 0.5) is 0 Å². The zero-order valence-corrected chi connectivity index (χ0v) is 7.54. The van der Waals surface area contributed by atoms with Crippen LogP contribution in [0.1, 0.15) is 20.3 Å². The molecule has 1 heterocycles. The third kappa shape index (κ3) is 1.35. The second-order valence-corrected chi connectivity index (χ2v) is 4.04. The molecular weight excluding hydrogens is 152 g/mol. The van der Waals surface area contributed by atoms with E-state index in [2.05, 4.69) is 5.92 Å². The maximum atomic E-state index is 5.69. The fraction of sp³-hybridized carbons (Fsp3) is 0.800. The quantitative estimate of drug-likeness (QED) is 0.548. The molecule has 0 N–H and O–H groups in total. The van der Waals surface area contributed by atoms with E-state index in [1.54, 1.807) is 0 Å². The summed E-state index contributed by atoms with van der Waals surface area (Å²) in [6.45, 7) is 4.59. The summed E-state index contributed by atoms with van der Waals surface area (Å²) in [6, 6.07) is 0. The minimum atomic E-state index is -0.396. The Morgan fingerprint density at radius 2 is 2.25 bits per heavy atom. The van der Waals surface area contributed by atoms with Gasteiger partial charge in [-0.1, -0.05) is 0 Å². The molecule has 1 aliphatic heterocycles. The normalized spacial score (nSPS) is 43.9. The van der Waals surface area contributed by atoms with Gasteiger partial charge in [0.05, 0.1) is 12.7 Å². The molecule has 0 aromatic heterocycles. The van der Waals surface area contributed by atoms with Gasteiger partial charge in [-0.15, -0.1) is 12.3 Å². The summed E-state index contributed by atoms with van der Waals surface area (Å²) in [6.07, 6.45) is 6.66. The average Bonchev–Trinajstić information content (AvgIpc) is 2.70. The summed E-state index contributed by atoms with van der Waals surface area (Å²) in [5.74, 6) is 3.35. The summed E-state index contributed by atoms with van der Waals surface area (Å²) in [5, 5.41) is 0. The van der Waals surface area contributed by atoms with Gasteiger partial charge in [-0.2, -0.15) is 0 Å². The van der Waals surface area contributed by atoms with E-state index in [4.69, 9.17) is 15.9 Å². The van der Waals surface area contributed by atoms with Crippen LogP contribution >= 0.6 is 0 Å². The minimum Gasteiger partial charge on any atom is -0.348 e. The van der Waals surface area contributed by atoms with Crippen LogP contribution in [0.25, 0.3) is 0 Å². The van der Waals surface area contributed by atoms with Crippen LogP contribution in [0.15, 0.2) is 0 Å². The molecule has 0 unspecified atom stereocenters. The fourth-order valence-corrected chi connectivity index (χ4v) is 1.74. The minimum absolute atomic E-state index is 0.237. The molecule has 2 nitrogen and oxygen atoms in total. The molecule has 66 valence electrons. The first-order valence-corrected chi connectivity index (χ1v) is 4.40. The molecule has 1 saturated heterocycles. The van der Waals surface area contributed by atoms with Crippen molar-refractivity contribution < 1.29 is 9.47 Å². The zero-order valence-electron chi connectivity index (χ0n) is 7.54. The predicted octanol–water partition coefficient (Wildman–Crippen LogP) is 1.41. The van der Waals surface area contributed by atoms with Gasteiger partial charge in [0.25, 0.3) is 0 Å². The van der Waals surface area contributed by atoms with Gasteiger partial charge in [0.2, 0.25) is 0 Å². The van der Waals surface area contributed by atoms with E-state index in [0.717, 1.165) is 6.42 Å². The van der Waals surface area contributed by atoms with Crippen LogP contribution in [0.5, 0.6) is 0 Å². The second-order valence-electron chi connectivity index (χ2n) is 4.04. The highest BCUT2D eigenvalue weighted by atomic mass is 16.7. The Labute approximate surface area is 73.2 Å². The van der Waals surface area contributed by atoms with Gasteiger partial charge in [-0.25, -0.2) is 0 Å². The maximum Gasteiger partial charge on any atom is 0.163 e. The summed E-state index contributed by atoms with van der Waals surface area (Å²) in [7, 11) is 0. The standard InChI is InChI=1S/C10H14O2/c1-4-7-5-8(7)9-6-11-10(2,3)12-9/h1,7-9H,5-6H2,2-3H3/t7-,8-,9-/m0/s1. The van der Waals surface area contributed by atoms with Crippen molar-refractivity contribution in [1.82, 2.24) is 0 Å². The van der Waals surface area contributed by atoms with Crippen LogP contribution in [0.3, 0.4) is 0 Å². The molecular formula is C10H14O2. The lowest BCUT2D eigenvalue weighted by atomic mass is 10.2. The Hall–Kier alpha value is -0.520. The molecule has 3 atom stereocenters. The van der Waals surface area contributed by atoms with E-state index in [0.29, 0.717) is 18.4 Å². The Bertz CT molecular complexity index is 226. The molecule has 0 amide bonds. The van der Waals surface area contributed by atoms with Gasteiger partial charge in [0.15, 0.2) is 5.79 Å². The fourth-order valence-electron chi connectivity index (χ4n) is 1.74. The SMILES string of the molecule is C#C[C@H]1C[C@@H]1[C@@H]1COC(C)(C)O1. The van der Waals surface area contributed by atoms with Crippen LogP contribution < -0.4 is 0 Å². The van der Waals surface area contributed by atoms with Crippen molar-refractivity contribution in [3.63, 3.8) is 0 Å². The van der Waals surface area contributed by atoms with Crippen LogP contribution in [0, 0.1) is 24.2 Å². The smallest absolute Gasteiger partial charge is 0.163 e. The predicted molar refractivity (Wildman–Crippen MR) is 45.3 cm³/mol. The second kappa shape index (κ2) is 2.48. The van der Waals surface area contributed by atoms with Crippen molar-refractivity contribution in [2.75, 3.05) is 6.61 Å². The van der Waals surface area contributed by atoms with E-state index in [1.165, 1.54) is 0 Å². The molecule has 0 aromatic rings. The molecule has 0 bridgehead atoms. The van der Waals surface area contributed by atoms with Gasteiger partial charge < -0.3 is 9.47 Å². The Balaban J connectivity index is 1.90. The lowest BCUT2D eigenvalue weighted by molar-refractivity contribution is -0.140. The number of terminal acetylenes is 1. The Morgan fingerprint density at radius 1 is 1.50 bits per heavy atom. The van der Waals surface area contributed by atoms with Gasteiger partial charge in [0.1, 0.15) is 0 Å². The molecule has 2 fully saturated rings. The van der Waals surface area contributed by atoms with Gasteiger partial charge in [-0.3, -0.25) is 0 Å². The van der Waals surface area contributed by atoms with E-state index in [9.17, 15) is 0 Å². The van der Waals surface area contributed by atoms with Gasteiger partial charge in [-0.05, 0) is 20.3 Å². The largest absolute Gasteiger partial charge is 0.348 e. The number of ether oxygens (including phenoxy) is 2. The lowest BCUT2D eigenvalue weighted by Gasteiger charge is -2.16. The van der Waals surface area contributed by atoms with Crippen molar-refractivity contribution in [3.05, 3.63) is 0 Å². The molecule has 0 aromatic carbocycles. The Morgan fingerprint density at radius 3 is 2.67 bits per heavy atom. The van der Waals surface area contributed by atoms with Crippen molar-refractivity contribution in [2.45, 2.75) is 32.2 Å². The average molecular weight is 166 g/mol. The highest BCUT2D eigenvalue weighted by Crippen LogP contribution is 2.45. The summed E-state index contributed by atoms with van der Waals surface area (Å²) < 4.78 is 11.1. The highest BCUT2D eigenvalue weighted by molar-refractivity contribution is 5.10. The van der Waals surface area contributed by atoms with E-state index in [1.807, 2.05) is 13.8 Å². The first-order valence-electron chi connectivity index (χ1n) is 4.40. The van der Waals surface area contributed by atoms with E-state index < -0.39 is 5.79 Å². The third-order valence-corrected chi connectivity index (χ3v) is 2.56.